The molecule has 2 aromatic carbocycles. The molecule has 0 N–H and O–H groups in total. The Hall–Kier alpha value is -2.00. The topological polar surface area (TPSA) is 30.8 Å². The molecular weight excluding hydrogens is 310 g/mol. The van der Waals surface area contributed by atoms with Gasteiger partial charge in [0.1, 0.15) is 12.4 Å². The Balaban J connectivity index is 1.80. The van der Waals surface area contributed by atoms with Crippen LogP contribution >= 0.6 is 11.6 Å². The second-order valence-electron chi connectivity index (χ2n) is 5.12. The maximum absolute atomic E-state index is 6.31. The van der Waals surface area contributed by atoms with Gasteiger partial charge < -0.3 is 9.57 Å². The van der Waals surface area contributed by atoms with E-state index in [2.05, 4.69) is 23.4 Å². The summed E-state index contributed by atoms with van der Waals surface area (Å²) in [5, 5.41) is 4.45. The molecule has 0 aliphatic rings. The van der Waals surface area contributed by atoms with E-state index in [1.54, 1.807) is 6.21 Å². The molecule has 0 spiro atoms. The first-order valence-corrected chi connectivity index (χ1v) is 8.26. The molecule has 0 atom stereocenters. The molecule has 0 heterocycles. The number of hydrogen-bond donors (Lipinski definition) is 0. The molecule has 0 amide bonds. The minimum Gasteiger partial charge on any atom is -0.492 e. The number of rotatable bonds is 9. The molecule has 0 unspecified atom stereocenters. The number of halogens is 1. The molecule has 0 radical (unpaired) electrons. The molecule has 0 saturated heterocycles. The lowest BCUT2D eigenvalue weighted by atomic mass is 10.1. The van der Waals surface area contributed by atoms with Gasteiger partial charge in [-0.3, -0.25) is 0 Å². The van der Waals surface area contributed by atoms with Gasteiger partial charge in [0.2, 0.25) is 0 Å². The van der Waals surface area contributed by atoms with Crippen molar-refractivity contribution >= 4 is 17.8 Å². The first kappa shape index (κ1) is 17.4. The maximum Gasteiger partial charge on any atom is 0.137 e. The Morgan fingerprint density at radius 1 is 1.09 bits per heavy atom. The van der Waals surface area contributed by atoms with E-state index in [0.29, 0.717) is 18.2 Å². The summed E-state index contributed by atoms with van der Waals surface area (Å²) in [7, 11) is 0. The molecule has 2 aromatic rings. The van der Waals surface area contributed by atoms with Crippen molar-refractivity contribution in [1.29, 1.82) is 0 Å². The number of hydrogen-bond acceptors (Lipinski definition) is 3. The molecule has 0 saturated carbocycles. The fraction of sp³-hybridized carbons (Fsp3) is 0.316. The molecule has 0 aliphatic carbocycles. The van der Waals surface area contributed by atoms with Gasteiger partial charge >= 0.3 is 0 Å². The van der Waals surface area contributed by atoms with Crippen LogP contribution < -0.4 is 4.74 Å². The van der Waals surface area contributed by atoms with Gasteiger partial charge in [0.15, 0.2) is 0 Å². The van der Waals surface area contributed by atoms with Crippen molar-refractivity contribution in [3.8, 4) is 5.75 Å². The predicted molar refractivity (Wildman–Crippen MR) is 95.5 cm³/mol. The summed E-state index contributed by atoms with van der Waals surface area (Å²) >= 11 is 6.31. The average molecular weight is 332 g/mol. The minimum absolute atomic E-state index is 0.595. The van der Waals surface area contributed by atoms with Crippen LogP contribution in [0.15, 0.2) is 53.7 Å². The van der Waals surface area contributed by atoms with Gasteiger partial charge in [-0.1, -0.05) is 53.2 Å². The second kappa shape index (κ2) is 9.90. The van der Waals surface area contributed by atoms with Crippen molar-refractivity contribution in [2.45, 2.75) is 26.2 Å². The first-order chi connectivity index (χ1) is 11.3. The second-order valence-corrected chi connectivity index (χ2v) is 5.53. The molecule has 4 heteroatoms. The van der Waals surface area contributed by atoms with Crippen molar-refractivity contribution in [1.82, 2.24) is 0 Å². The Morgan fingerprint density at radius 2 is 1.91 bits per heavy atom. The van der Waals surface area contributed by atoms with E-state index in [0.717, 1.165) is 25.0 Å². The molecule has 0 bridgehead atoms. The van der Waals surface area contributed by atoms with Crippen LogP contribution in [0, 0.1) is 0 Å². The van der Waals surface area contributed by atoms with Gasteiger partial charge in [-0.15, -0.1) is 0 Å². The lowest BCUT2D eigenvalue weighted by Crippen LogP contribution is -1.99. The van der Waals surface area contributed by atoms with Crippen LogP contribution in [0.5, 0.6) is 5.75 Å². The Kier molecular flexibility index (Phi) is 7.47. The highest BCUT2D eigenvalue weighted by molar-refractivity contribution is 6.32. The highest BCUT2D eigenvalue weighted by Gasteiger charge is 2.04. The van der Waals surface area contributed by atoms with Gasteiger partial charge in [-0.25, -0.2) is 0 Å². The van der Waals surface area contributed by atoms with Crippen molar-refractivity contribution in [3.05, 3.63) is 64.7 Å². The molecule has 0 fully saturated rings. The van der Waals surface area contributed by atoms with Crippen molar-refractivity contribution < 1.29 is 9.57 Å². The van der Waals surface area contributed by atoms with Gasteiger partial charge in [0.05, 0.1) is 11.6 Å². The zero-order chi connectivity index (χ0) is 16.3. The SMILES string of the molecule is CCON=CCCCOc1ccc(Cc2ccccc2)cc1Cl. The van der Waals surface area contributed by atoms with Gasteiger partial charge in [0.25, 0.3) is 0 Å². The zero-order valence-corrected chi connectivity index (χ0v) is 14.1. The van der Waals surface area contributed by atoms with Crippen LogP contribution in [0.4, 0.5) is 0 Å². The summed E-state index contributed by atoms with van der Waals surface area (Å²) < 4.78 is 5.71. The van der Waals surface area contributed by atoms with Crippen molar-refractivity contribution in [2.24, 2.45) is 5.16 Å². The standard InChI is InChI=1S/C19H22ClNO2/c1-2-23-21-12-6-7-13-22-19-11-10-17(15-18(19)20)14-16-8-4-3-5-9-16/h3-5,8-12,15H,2,6-7,13-14H2,1H3. The smallest absolute Gasteiger partial charge is 0.137 e. The first-order valence-electron chi connectivity index (χ1n) is 7.88. The third-order valence-electron chi connectivity index (χ3n) is 3.26. The summed E-state index contributed by atoms with van der Waals surface area (Å²) in [6.07, 6.45) is 4.33. The lowest BCUT2D eigenvalue weighted by molar-refractivity contribution is 0.159. The molecule has 23 heavy (non-hydrogen) atoms. The van der Waals surface area contributed by atoms with Crippen LogP contribution in [0.3, 0.4) is 0 Å². The fourth-order valence-corrected chi connectivity index (χ4v) is 2.40. The Labute approximate surface area is 142 Å². The molecule has 2 rings (SSSR count). The van der Waals surface area contributed by atoms with Crippen LogP contribution in [0.1, 0.15) is 30.9 Å². The average Bonchev–Trinajstić information content (AvgIpc) is 2.57. The third kappa shape index (κ3) is 6.33. The van der Waals surface area contributed by atoms with E-state index in [1.807, 2.05) is 37.3 Å². The summed E-state index contributed by atoms with van der Waals surface area (Å²) in [6.45, 7) is 3.11. The monoisotopic (exact) mass is 331 g/mol. The summed E-state index contributed by atoms with van der Waals surface area (Å²) in [5.41, 5.74) is 2.45. The van der Waals surface area contributed by atoms with E-state index in [4.69, 9.17) is 21.2 Å². The number of unbranched alkanes of at least 4 members (excludes halogenated alkanes) is 1. The van der Waals surface area contributed by atoms with Crippen LogP contribution in [0.25, 0.3) is 0 Å². The van der Waals surface area contributed by atoms with E-state index < -0.39 is 0 Å². The van der Waals surface area contributed by atoms with Crippen LogP contribution in [-0.2, 0) is 11.3 Å². The molecule has 0 aromatic heterocycles. The predicted octanol–water partition coefficient (Wildman–Crippen LogP) is 5.11. The quantitative estimate of drug-likeness (QED) is 0.363. The molecule has 0 aliphatic heterocycles. The molecular formula is C19H22ClNO2. The van der Waals surface area contributed by atoms with E-state index in [1.165, 1.54) is 11.1 Å². The minimum atomic E-state index is 0.595. The number of oxime groups is 1. The summed E-state index contributed by atoms with van der Waals surface area (Å²) in [6, 6.07) is 16.3. The highest BCUT2D eigenvalue weighted by atomic mass is 35.5. The number of nitrogens with zero attached hydrogens (tertiary/aromatic N) is 1. The summed E-state index contributed by atoms with van der Waals surface area (Å²) in [4.78, 5) is 4.89. The largest absolute Gasteiger partial charge is 0.492 e. The van der Waals surface area contributed by atoms with E-state index in [-0.39, 0.29) is 0 Å². The van der Waals surface area contributed by atoms with Crippen LogP contribution in [0.2, 0.25) is 5.02 Å². The Morgan fingerprint density at radius 3 is 2.65 bits per heavy atom. The fourth-order valence-electron chi connectivity index (χ4n) is 2.14. The third-order valence-corrected chi connectivity index (χ3v) is 3.56. The Bertz CT molecular complexity index is 614. The normalized spacial score (nSPS) is 10.9. The molecule has 3 nitrogen and oxygen atoms in total. The van der Waals surface area contributed by atoms with Crippen molar-refractivity contribution in [3.63, 3.8) is 0 Å². The van der Waals surface area contributed by atoms with Gasteiger partial charge in [0, 0.05) is 6.21 Å². The maximum atomic E-state index is 6.31. The highest BCUT2D eigenvalue weighted by Crippen LogP contribution is 2.26. The number of ether oxygens (including phenoxy) is 1. The van der Waals surface area contributed by atoms with E-state index >= 15 is 0 Å². The zero-order valence-electron chi connectivity index (χ0n) is 13.4. The summed E-state index contributed by atoms with van der Waals surface area (Å²) in [5.74, 6) is 0.727. The van der Waals surface area contributed by atoms with E-state index in [9.17, 15) is 0 Å². The lowest BCUT2D eigenvalue weighted by Gasteiger charge is -2.09. The van der Waals surface area contributed by atoms with Crippen LogP contribution in [-0.4, -0.2) is 19.4 Å². The van der Waals surface area contributed by atoms with Crippen molar-refractivity contribution in [2.75, 3.05) is 13.2 Å². The number of benzene rings is 2. The molecule has 122 valence electrons. The van der Waals surface area contributed by atoms with Gasteiger partial charge in [-0.2, -0.15) is 0 Å². The van der Waals surface area contributed by atoms with Gasteiger partial charge in [-0.05, 0) is 49.4 Å².